The molecule has 1 aromatic heterocycles. The molecule has 0 saturated carbocycles. The van der Waals surface area contributed by atoms with Crippen LogP contribution in [-0.4, -0.2) is 7.11 Å². The molecule has 84 valence electrons. The second-order valence-corrected chi connectivity index (χ2v) is 3.74. The molecule has 2 aromatic rings. The topological polar surface area (TPSA) is 13.1 Å². The molecular formula is C15H14NO+. The summed E-state index contributed by atoms with van der Waals surface area (Å²) >= 11 is 0. The number of pyridine rings is 1. The first-order valence-electron chi connectivity index (χ1n) is 5.39. The maximum absolute atomic E-state index is 5.10. The first-order valence-corrected chi connectivity index (χ1v) is 5.39. The number of benzene rings is 1. The summed E-state index contributed by atoms with van der Waals surface area (Å²) in [7, 11) is 3.64. The second kappa shape index (κ2) is 5.18. The van der Waals surface area contributed by atoms with E-state index in [2.05, 4.69) is 11.8 Å². The zero-order valence-corrected chi connectivity index (χ0v) is 9.97. The molecule has 1 aromatic carbocycles. The van der Waals surface area contributed by atoms with Crippen molar-refractivity contribution in [3.8, 4) is 17.6 Å². The highest BCUT2D eigenvalue weighted by atomic mass is 16.5. The standard InChI is InChI=1S/C15H14NO/c1-16-11-3-4-14(12-16)6-5-13-7-9-15(17-2)10-8-13/h3-4,7-12H,1-2H3/q+1. The molecule has 0 bridgehead atoms. The molecule has 2 nitrogen and oxygen atoms in total. The van der Waals surface area contributed by atoms with E-state index in [1.54, 1.807) is 7.11 Å². The molecule has 0 fully saturated rings. The third kappa shape index (κ3) is 3.09. The number of rotatable bonds is 1. The summed E-state index contributed by atoms with van der Waals surface area (Å²) in [5.74, 6) is 7.10. The number of methoxy groups -OCH3 is 1. The van der Waals surface area contributed by atoms with E-state index in [-0.39, 0.29) is 0 Å². The van der Waals surface area contributed by atoms with Crippen molar-refractivity contribution in [1.29, 1.82) is 0 Å². The van der Waals surface area contributed by atoms with Crippen LogP contribution in [0.15, 0.2) is 48.8 Å². The fourth-order valence-corrected chi connectivity index (χ4v) is 1.48. The van der Waals surface area contributed by atoms with Crippen molar-refractivity contribution < 1.29 is 9.30 Å². The van der Waals surface area contributed by atoms with Gasteiger partial charge in [0.05, 0.1) is 12.7 Å². The Morgan fingerprint density at radius 2 is 1.71 bits per heavy atom. The van der Waals surface area contributed by atoms with Gasteiger partial charge in [-0.25, -0.2) is 4.57 Å². The van der Waals surface area contributed by atoms with Gasteiger partial charge in [-0.2, -0.15) is 0 Å². The third-order valence-corrected chi connectivity index (χ3v) is 2.38. The van der Waals surface area contributed by atoms with Crippen LogP contribution in [0, 0.1) is 11.8 Å². The number of ether oxygens (including phenoxy) is 1. The van der Waals surface area contributed by atoms with E-state index in [0.717, 1.165) is 16.9 Å². The van der Waals surface area contributed by atoms with Crippen molar-refractivity contribution >= 4 is 0 Å². The van der Waals surface area contributed by atoms with Crippen molar-refractivity contribution in [2.45, 2.75) is 0 Å². The summed E-state index contributed by atoms with van der Waals surface area (Å²) in [6, 6.07) is 11.7. The summed E-state index contributed by atoms with van der Waals surface area (Å²) in [4.78, 5) is 0. The van der Waals surface area contributed by atoms with Crippen molar-refractivity contribution in [3.63, 3.8) is 0 Å². The van der Waals surface area contributed by atoms with Gasteiger partial charge in [-0.15, -0.1) is 0 Å². The summed E-state index contributed by atoms with van der Waals surface area (Å²) in [6.07, 6.45) is 3.98. The first-order chi connectivity index (χ1) is 8.28. The van der Waals surface area contributed by atoms with Gasteiger partial charge in [0, 0.05) is 11.6 Å². The van der Waals surface area contributed by atoms with Crippen LogP contribution in [0.4, 0.5) is 0 Å². The van der Waals surface area contributed by atoms with Crippen molar-refractivity contribution in [2.24, 2.45) is 7.05 Å². The Morgan fingerprint density at radius 3 is 2.35 bits per heavy atom. The van der Waals surface area contributed by atoms with Crippen LogP contribution >= 0.6 is 0 Å². The molecule has 0 spiro atoms. The van der Waals surface area contributed by atoms with Gasteiger partial charge in [-0.1, -0.05) is 11.8 Å². The molecule has 1 heterocycles. The Morgan fingerprint density at radius 1 is 1.00 bits per heavy atom. The maximum atomic E-state index is 5.10. The molecule has 0 aliphatic heterocycles. The Bertz CT molecular complexity index is 561. The van der Waals surface area contributed by atoms with E-state index in [1.165, 1.54) is 0 Å². The largest absolute Gasteiger partial charge is 0.497 e. The van der Waals surface area contributed by atoms with Gasteiger partial charge in [0.15, 0.2) is 12.4 Å². The Labute approximate surface area is 101 Å². The molecule has 0 N–H and O–H groups in total. The van der Waals surface area contributed by atoms with Gasteiger partial charge < -0.3 is 4.74 Å². The SMILES string of the molecule is COc1ccc(C#Cc2ccc[n+](C)c2)cc1. The fraction of sp³-hybridized carbons (Fsp3) is 0.133. The lowest BCUT2D eigenvalue weighted by Crippen LogP contribution is -2.26. The Kier molecular flexibility index (Phi) is 3.42. The number of hydrogen-bond acceptors (Lipinski definition) is 1. The van der Waals surface area contributed by atoms with Crippen molar-refractivity contribution in [1.82, 2.24) is 0 Å². The van der Waals surface area contributed by atoms with Crippen LogP contribution < -0.4 is 9.30 Å². The van der Waals surface area contributed by atoms with Crippen LogP contribution in [0.1, 0.15) is 11.1 Å². The molecule has 0 aliphatic rings. The second-order valence-electron chi connectivity index (χ2n) is 3.74. The normalized spacial score (nSPS) is 9.29. The Hall–Kier alpha value is -2.27. The lowest BCUT2D eigenvalue weighted by atomic mass is 10.2. The average molecular weight is 224 g/mol. The first kappa shape index (κ1) is 11.2. The zero-order valence-electron chi connectivity index (χ0n) is 9.97. The molecule has 2 heteroatoms. The van der Waals surface area contributed by atoms with Crippen LogP contribution in [0.3, 0.4) is 0 Å². The van der Waals surface area contributed by atoms with Crippen LogP contribution in [0.5, 0.6) is 5.75 Å². The minimum atomic E-state index is 0.849. The minimum Gasteiger partial charge on any atom is -0.497 e. The van der Waals surface area contributed by atoms with Crippen molar-refractivity contribution in [2.75, 3.05) is 7.11 Å². The monoisotopic (exact) mass is 224 g/mol. The lowest BCUT2D eigenvalue weighted by Gasteiger charge is -1.97. The van der Waals surface area contributed by atoms with E-state index in [9.17, 15) is 0 Å². The summed E-state index contributed by atoms with van der Waals surface area (Å²) in [5.41, 5.74) is 1.99. The predicted octanol–water partition coefficient (Wildman–Crippen LogP) is 1.92. The van der Waals surface area contributed by atoms with E-state index in [1.807, 2.05) is 60.4 Å². The summed E-state index contributed by atoms with van der Waals surface area (Å²) < 4.78 is 7.08. The predicted molar refractivity (Wildman–Crippen MR) is 66.6 cm³/mol. The smallest absolute Gasteiger partial charge is 0.184 e. The van der Waals surface area contributed by atoms with Gasteiger partial charge >= 0.3 is 0 Å². The molecule has 17 heavy (non-hydrogen) atoms. The third-order valence-electron chi connectivity index (χ3n) is 2.38. The zero-order chi connectivity index (χ0) is 12.1. The highest BCUT2D eigenvalue weighted by molar-refractivity contribution is 5.43. The van der Waals surface area contributed by atoms with Gasteiger partial charge in [0.25, 0.3) is 0 Å². The highest BCUT2D eigenvalue weighted by Gasteiger charge is 1.93. The number of nitrogens with zero attached hydrogens (tertiary/aromatic N) is 1. The van der Waals surface area contributed by atoms with Crippen LogP contribution in [0.25, 0.3) is 0 Å². The number of aryl methyl sites for hydroxylation is 1. The molecule has 2 rings (SSSR count). The molecule has 0 saturated heterocycles. The number of aromatic nitrogens is 1. The minimum absolute atomic E-state index is 0.849. The molecular weight excluding hydrogens is 210 g/mol. The maximum Gasteiger partial charge on any atom is 0.184 e. The van der Waals surface area contributed by atoms with E-state index in [0.29, 0.717) is 0 Å². The Balaban J connectivity index is 2.20. The average Bonchev–Trinajstić information content (AvgIpc) is 2.37. The van der Waals surface area contributed by atoms with Crippen LogP contribution in [-0.2, 0) is 7.05 Å². The molecule has 0 amide bonds. The fourth-order valence-electron chi connectivity index (χ4n) is 1.48. The van der Waals surface area contributed by atoms with Gasteiger partial charge in [-0.05, 0) is 30.3 Å². The molecule has 0 radical (unpaired) electrons. The quantitative estimate of drug-likeness (QED) is 0.533. The summed E-state index contributed by atoms with van der Waals surface area (Å²) in [6.45, 7) is 0. The molecule has 0 unspecified atom stereocenters. The van der Waals surface area contributed by atoms with E-state index >= 15 is 0 Å². The molecule has 0 aliphatic carbocycles. The summed E-state index contributed by atoms with van der Waals surface area (Å²) in [5, 5.41) is 0. The van der Waals surface area contributed by atoms with E-state index in [4.69, 9.17) is 4.74 Å². The van der Waals surface area contributed by atoms with Gasteiger partial charge in [0.1, 0.15) is 12.8 Å². The highest BCUT2D eigenvalue weighted by Crippen LogP contribution is 2.10. The van der Waals surface area contributed by atoms with Gasteiger partial charge in [0.2, 0.25) is 0 Å². The van der Waals surface area contributed by atoms with E-state index < -0.39 is 0 Å². The number of hydrogen-bond donors (Lipinski definition) is 0. The van der Waals surface area contributed by atoms with Crippen LogP contribution in [0.2, 0.25) is 0 Å². The molecule has 0 atom stereocenters. The lowest BCUT2D eigenvalue weighted by molar-refractivity contribution is -0.671. The van der Waals surface area contributed by atoms with Crippen molar-refractivity contribution in [3.05, 3.63) is 59.9 Å². The van der Waals surface area contributed by atoms with Gasteiger partial charge in [-0.3, -0.25) is 0 Å².